The van der Waals surface area contributed by atoms with Crippen molar-refractivity contribution in [3.63, 3.8) is 0 Å². The van der Waals surface area contributed by atoms with Gasteiger partial charge in [-0.25, -0.2) is 4.79 Å². The molecule has 20 heavy (non-hydrogen) atoms. The van der Waals surface area contributed by atoms with Crippen LogP contribution in [-0.2, 0) is 12.8 Å². The molecule has 0 unspecified atom stereocenters. The Bertz CT molecular complexity index is 466. The van der Waals surface area contributed by atoms with Gasteiger partial charge in [-0.05, 0) is 49.8 Å². The third kappa shape index (κ3) is 4.15. The molecule has 0 fully saturated rings. The maximum atomic E-state index is 10.7. The van der Waals surface area contributed by atoms with Crippen LogP contribution in [0.2, 0.25) is 0 Å². The number of aromatic hydroxyl groups is 1. The molecule has 0 heterocycles. The van der Waals surface area contributed by atoms with Crippen LogP contribution in [0.4, 0.5) is 4.79 Å². The Kier molecular flexibility index (Phi) is 6.36. The van der Waals surface area contributed by atoms with Gasteiger partial charge in [0.2, 0.25) is 0 Å². The van der Waals surface area contributed by atoms with Crippen molar-refractivity contribution in [2.45, 2.75) is 59.3 Å². The third-order valence-corrected chi connectivity index (χ3v) is 3.47. The SMILES string of the molecule is CCCCc1c(C)cc(OC(=O)O)c(O)c1CCCC. The third-order valence-electron chi connectivity index (χ3n) is 3.47. The topological polar surface area (TPSA) is 66.8 Å². The molecule has 0 atom stereocenters. The van der Waals surface area contributed by atoms with E-state index in [1.165, 1.54) is 0 Å². The Morgan fingerprint density at radius 2 is 1.70 bits per heavy atom. The maximum Gasteiger partial charge on any atom is 0.511 e. The minimum atomic E-state index is -1.40. The Hall–Kier alpha value is -1.71. The summed E-state index contributed by atoms with van der Waals surface area (Å²) < 4.78 is 4.67. The van der Waals surface area contributed by atoms with Gasteiger partial charge in [-0.1, -0.05) is 26.7 Å². The summed E-state index contributed by atoms with van der Waals surface area (Å²) in [4.78, 5) is 10.7. The van der Waals surface area contributed by atoms with Crippen molar-refractivity contribution < 1.29 is 19.7 Å². The molecule has 0 saturated carbocycles. The number of hydrogen-bond acceptors (Lipinski definition) is 3. The zero-order valence-electron chi connectivity index (χ0n) is 12.5. The molecule has 1 rings (SSSR count). The second-order valence-corrected chi connectivity index (χ2v) is 5.07. The van der Waals surface area contributed by atoms with Crippen molar-refractivity contribution >= 4 is 6.16 Å². The van der Waals surface area contributed by atoms with E-state index in [-0.39, 0.29) is 11.5 Å². The van der Waals surface area contributed by atoms with Crippen molar-refractivity contribution in [1.82, 2.24) is 0 Å². The first-order chi connectivity index (χ1) is 9.51. The van der Waals surface area contributed by atoms with E-state index in [9.17, 15) is 9.90 Å². The molecule has 4 nitrogen and oxygen atoms in total. The second-order valence-electron chi connectivity index (χ2n) is 5.07. The molecule has 0 aliphatic rings. The number of hydrogen-bond donors (Lipinski definition) is 2. The summed E-state index contributed by atoms with van der Waals surface area (Å²) in [5, 5.41) is 19.0. The molecule has 112 valence electrons. The Labute approximate surface area is 120 Å². The molecule has 0 radical (unpaired) electrons. The number of carbonyl (C=O) groups is 1. The van der Waals surface area contributed by atoms with Crippen LogP contribution < -0.4 is 4.74 Å². The molecule has 0 spiro atoms. The van der Waals surface area contributed by atoms with E-state index in [0.717, 1.165) is 55.2 Å². The molecule has 4 heteroatoms. The smallest absolute Gasteiger partial charge is 0.504 e. The van der Waals surface area contributed by atoms with Crippen LogP contribution in [0.5, 0.6) is 11.5 Å². The fourth-order valence-electron chi connectivity index (χ4n) is 2.38. The van der Waals surface area contributed by atoms with Gasteiger partial charge in [0.1, 0.15) is 0 Å². The van der Waals surface area contributed by atoms with Crippen molar-refractivity contribution in [2.24, 2.45) is 0 Å². The lowest BCUT2D eigenvalue weighted by Crippen LogP contribution is -2.06. The van der Waals surface area contributed by atoms with Gasteiger partial charge in [-0.15, -0.1) is 0 Å². The highest BCUT2D eigenvalue weighted by molar-refractivity contribution is 5.65. The molecular weight excluding hydrogens is 256 g/mol. The zero-order valence-corrected chi connectivity index (χ0v) is 12.5. The van der Waals surface area contributed by atoms with Gasteiger partial charge in [0.15, 0.2) is 11.5 Å². The van der Waals surface area contributed by atoms with E-state index in [1.807, 2.05) is 6.92 Å². The van der Waals surface area contributed by atoms with Crippen LogP contribution in [-0.4, -0.2) is 16.4 Å². The van der Waals surface area contributed by atoms with Crippen LogP contribution >= 0.6 is 0 Å². The highest BCUT2D eigenvalue weighted by Gasteiger charge is 2.17. The monoisotopic (exact) mass is 280 g/mol. The van der Waals surface area contributed by atoms with E-state index in [2.05, 4.69) is 18.6 Å². The van der Waals surface area contributed by atoms with Gasteiger partial charge in [-0.2, -0.15) is 0 Å². The normalized spacial score (nSPS) is 10.6. The number of unbranched alkanes of at least 4 members (excludes halogenated alkanes) is 2. The van der Waals surface area contributed by atoms with Crippen LogP contribution in [0.15, 0.2) is 6.07 Å². The van der Waals surface area contributed by atoms with Gasteiger partial charge in [0.25, 0.3) is 0 Å². The summed E-state index contributed by atoms with van der Waals surface area (Å²) in [6.07, 6.45) is 4.38. The standard InChI is InChI=1S/C16H24O4/c1-4-6-8-12-11(3)10-14(20-16(18)19)15(17)13(12)9-7-5-2/h10,17H,4-9H2,1-3H3,(H,18,19). The maximum absolute atomic E-state index is 10.7. The van der Waals surface area contributed by atoms with Gasteiger partial charge in [0.05, 0.1) is 0 Å². The van der Waals surface area contributed by atoms with E-state index in [1.54, 1.807) is 6.07 Å². The molecule has 0 aliphatic carbocycles. The molecule has 0 amide bonds. The Morgan fingerprint density at radius 3 is 2.20 bits per heavy atom. The molecule has 1 aromatic rings. The average molecular weight is 280 g/mol. The number of phenolic OH excluding ortho intramolecular Hbond substituents is 1. The van der Waals surface area contributed by atoms with Crippen LogP contribution in [0.25, 0.3) is 0 Å². The number of aryl methyl sites for hydroxylation is 1. The number of carboxylic acid groups (broad SMARTS) is 1. The number of phenols is 1. The first-order valence-corrected chi connectivity index (χ1v) is 7.26. The predicted molar refractivity (Wildman–Crippen MR) is 78.7 cm³/mol. The minimum absolute atomic E-state index is 0.0162. The van der Waals surface area contributed by atoms with Crippen molar-refractivity contribution in [1.29, 1.82) is 0 Å². The Morgan fingerprint density at radius 1 is 1.15 bits per heavy atom. The highest BCUT2D eigenvalue weighted by atomic mass is 16.7. The van der Waals surface area contributed by atoms with Gasteiger partial charge in [-0.3, -0.25) is 0 Å². The molecule has 0 bridgehead atoms. The summed E-state index contributed by atoms with van der Waals surface area (Å²) in [7, 11) is 0. The van der Waals surface area contributed by atoms with E-state index >= 15 is 0 Å². The molecule has 0 saturated heterocycles. The van der Waals surface area contributed by atoms with Gasteiger partial charge >= 0.3 is 6.16 Å². The molecule has 1 aromatic carbocycles. The lowest BCUT2D eigenvalue weighted by molar-refractivity contribution is 0.142. The molecule has 0 aromatic heterocycles. The van der Waals surface area contributed by atoms with Crippen LogP contribution in [0.1, 0.15) is 56.2 Å². The lowest BCUT2D eigenvalue weighted by Gasteiger charge is -2.17. The van der Waals surface area contributed by atoms with E-state index in [0.29, 0.717) is 0 Å². The summed E-state index contributed by atoms with van der Waals surface area (Å²) in [5.74, 6) is 0.0268. The van der Waals surface area contributed by atoms with Gasteiger partial charge < -0.3 is 14.9 Å². The molecule has 2 N–H and O–H groups in total. The summed E-state index contributed by atoms with van der Waals surface area (Å²) in [5.41, 5.74) is 2.96. The van der Waals surface area contributed by atoms with Crippen molar-refractivity contribution in [3.05, 3.63) is 22.8 Å². The highest BCUT2D eigenvalue weighted by Crippen LogP contribution is 2.36. The zero-order chi connectivity index (χ0) is 15.1. The van der Waals surface area contributed by atoms with Gasteiger partial charge in [0, 0.05) is 5.56 Å². The van der Waals surface area contributed by atoms with Crippen LogP contribution in [0.3, 0.4) is 0 Å². The lowest BCUT2D eigenvalue weighted by atomic mass is 9.92. The fraction of sp³-hybridized carbons (Fsp3) is 0.562. The van der Waals surface area contributed by atoms with Crippen molar-refractivity contribution in [2.75, 3.05) is 0 Å². The number of ether oxygens (including phenoxy) is 1. The second kappa shape index (κ2) is 7.78. The summed E-state index contributed by atoms with van der Waals surface area (Å²) >= 11 is 0. The first kappa shape index (κ1) is 16.3. The van der Waals surface area contributed by atoms with E-state index in [4.69, 9.17) is 5.11 Å². The molecular formula is C16H24O4. The van der Waals surface area contributed by atoms with Crippen LogP contribution in [0, 0.1) is 6.92 Å². The first-order valence-electron chi connectivity index (χ1n) is 7.26. The molecule has 0 aliphatic heterocycles. The van der Waals surface area contributed by atoms with E-state index < -0.39 is 6.16 Å². The quantitative estimate of drug-likeness (QED) is 0.572. The Balaban J connectivity index is 3.21. The largest absolute Gasteiger partial charge is 0.511 e. The predicted octanol–water partition coefficient (Wildman–Crippen LogP) is 4.44. The fourth-order valence-corrected chi connectivity index (χ4v) is 2.38. The summed E-state index contributed by atoms with van der Waals surface area (Å²) in [6, 6.07) is 1.61. The van der Waals surface area contributed by atoms with Crippen molar-refractivity contribution in [3.8, 4) is 11.5 Å². The number of benzene rings is 1. The summed E-state index contributed by atoms with van der Waals surface area (Å²) in [6.45, 7) is 6.16. The average Bonchev–Trinajstić information content (AvgIpc) is 2.39. The number of rotatable bonds is 7. The minimum Gasteiger partial charge on any atom is -0.504 e.